The first kappa shape index (κ1) is 14.8. The van der Waals surface area contributed by atoms with Crippen LogP contribution in [0.4, 0.5) is 17.6 Å². The summed E-state index contributed by atoms with van der Waals surface area (Å²) in [6, 6.07) is 2.98. The topological polar surface area (TPSA) is 49.7 Å². The zero-order valence-corrected chi connectivity index (χ0v) is 9.25. The van der Waals surface area contributed by atoms with Gasteiger partial charge >= 0.3 is 13.3 Å². The average Bonchev–Trinajstić information content (AvgIpc) is 2.22. The van der Waals surface area contributed by atoms with Crippen molar-refractivity contribution in [2.24, 2.45) is 0 Å². The van der Waals surface area contributed by atoms with E-state index < -0.39 is 25.5 Å². The lowest BCUT2D eigenvalue weighted by atomic mass is 9.79. The lowest BCUT2D eigenvalue weighted by molar-refractivity contribution is -0.136. The predicted molar refractivity (Wildman–Crippen MR) is 57.0 cm³/mol. The summed E-state index contributed by atoms with van der Waals surface area (Å²) in [5.41, 5.74) is -0.0941. The Hall–Kier alpha value is -1.28. The van der Waals surface area contributed by atoms with E-state index >= 15 is 0 Å². The maximum absolute atomic E-state index is 12.9. The van der Waals surface area contributed by atoms with Gasteiger partial charge in [0, 0.05) is 17.9 Å². The van der Waals surface area contributed by atoms with Gasteiger partial charge in [-0.15, -0.1) is 0 Å². The summed E-state index contributed by atoms with van der Waals surface area (Å²) in [6.07, 6.45) is -5.58. The number of hydrogen-bond acceptors (Lipinski definition) is 3. The minimum absolute atomic E-state index is 0.0941. The maximum atomic E-state index is 12.9. The van der Waals surface area contributed by atoms with E-state index in [9.17, 15) is 17.6 Å². The quantitative estimate of drug-likeness (QED) is 0.478. The highest BCUT2D eigenvalue weighted by molar-refractivity contribution is 6.59. The second kappa shape index (κ2) is 6.06. The van der Waals surface area contributed by atoms with Crippen LogP contribution >= 0.6 is 0 Å². The molecule has 100 valence electrons. The molecule has 0 fully saturated rings. The fourth-order valence-corrected chi connectivity index (χ4v) is 1.30. The molecule has 8 heteroatoms. The number of rotatable bonds is 5. The Morgan fingerprint density at radius 1 is 1.22 bits per heavy atom. The maximum Gasteiger partial charge on any atom is 0.492 e. The molecule has 3 nitrogen and oxygen atoms in total. The molecule has 18 heavy (non-hydrogen) atoms. The minimum Gasteiger partial charge on any atom is -0.494 e. The molecule has 0 atom stereocenters. The highest BCUT2D eigenvalue weighted by atomic mass is 19.4. The van der Waals surface area contributed by atoms with Crippen LogP contribution in [-0.2, 0) is 0 Å². The van der Waals surface area contributed by atoms with Crippen molar-refractivity contribution in [1.82, 2.24) is 0 Å². The Bertz CT molecular complexity index is 395. The molecule has 0 aliphatic heterocycles. The SMILES string of the molecule is OB(O)c1ccc(F)cc1OCCCC(F)(F)F. The van der Waals surface area contributed by atoms with Gasteiger partial charge in [0.05, 0.1) is 6.61 Å². The van der Waals surface area contributed by atoms with Crippen molar-refractivity contribution in [3.05, 3.63) is 24.0 Å². The highest BCUT2D eigenvalue weighted by Gasteiger charge is 2.26. The second-order valence-corrected chi connectivity index (χ2v) is 3.62. The van der Waals surface area contributed by atoms with Crippen molar-refractivity contribution in [3.63, 3.8) is 0 Å². The Morgan fingerprint density at radius 3 is 2.44 bits per heavy atom. The minimum atomic E-state index is -4.27. The van der Waals surface area contributed by atoms with E-state index in [0.29, 0.717) is 0 Å². The fraction of sp³-hybridized carbons (Fsp3) is 0.400. The van der Waals surface area contributed by atoms with Gasteiger partial charge in [-0.05, 0) is 12.5 Å². The van der Waals surface area contributed by atoms with Gasteiger partial charge in [-0.3, -0.25) is 0 Å². The van der Waals surface area contributed by atoms with Crippen LogP contribution in [0.25, 0.3) is 0 Å². The molecule has 0 saturated heterocycles. The monoisotopic (exact) mass is 266 g/mol. The Kier molecular flexibility index (Phi) is 4.98. The average molecular weight is 266 g/mol. The van der Waals surface area contributed by atoms with E-state index in [-0.39, 0.29) is 24.2 Å². The molecule has 0 aliphatic rings. The summed E-state index contributed by atoms with van der Waals surface area (Å²) in [7, 11) is -1.87. The van der Waals surface area contributed by atoms with Crippen molar-refractivity contribution in [1.29, 1.82) is 0 Å². The summed E-state index contributed by atoms with van der Waals surface area (Å²) in [5, 5.41) is 17.9. The van der Waals surface area contributed by atoms with Crippen LogP contribution in [-0.4, -0.2) is 29.9 Å². The molecule has 1 aromatic carbocycles. The van der Waals surface area contributed by atoms with Gasteiger partial charge in [0.15, 0.2) is 0 Å². The third-order valence-electron chi connectivity index (χ3n) is 2.12. The molecule has 0 radical (unpaired) electrons. The summed E-state index contributed by atoms with van der Waals surface area (Å²) >= 11 is 0. The third kappa shape index (κ3) is 4.93. The molecule has 0 saturated carbocycles. The molecule has 0 spiro atoms. The number of alkyl halides is 3. The molecule has 0 unspecified atom stereocenters. The summed E-state index contributed by atoms with van der Waals surface area (Å²) in [6.45, 7) is -0.289. The lowest BCUT2D eigenvalue weighted by Gasteiger charge is -2.12. The molecule has 0 aromatic heterocycles. The number of halogens is 4. The Morgan fingerprint density at radius 2 is 1.89 bits per heavy atom. The van der Waals surface area contributed by atoms with Crippen LogP contribution in [0.2, 0.25) is 0 Å². The molecule has 0 bridgehead atoms. The molecule has 0 amide bonds. The van der Waals surface area contributed by atoms with Crippen molar-refractivity contribution in [2.75, 3.05) is 6.61 Å². The zero-order chi connectivity index (χ0) is 13.8. The third-order valence-corrected chi connectivity index (χ3v) is 2.12. The van der Waals surface area contributed by atoms with Crippen LogP contribution in [0.1, 0.15) is 12.8 Å². The van der Waals surface area contributed by atoms with E-state index in [1.807, 2.05) is 0 Å². The normalized spacial score (nSPS) is 11.4. The van der Waals surface area contributed by atoms with E-state index in [1.165, 1.54) is 0 Å². The molecule has 0 heterocycles. The predicted octanol–water partition coefficient (Wildman–Crippen LogP) is 1.23. The standard InChI is InChI=1S/C10H11BF4O3/c12-7-2-3-8(11(16)17)9(6-7)18-5-1-4-10(13,14)15/h2-3,6,16-17H,1,4-5H2. The van der Waals surface area contributed by atoms with Crippen LogP contribution in [0.15, 0.2) is 18.2 Å². The summed E-state index contributed by atoms with van der Waals surface area (Å²) in [4.78, 5) is 0. The van der Waals surface area contributed by atoms with E-state index in [0.717, 1.165) is 18.2 Å². The molecule has 2 N–H and O–H groups in total. The zero-order valence-electron chi connectivity index (χ0n) is 9.25. The van der Waals surface area contributed by atoms with Crippen LogP contribution < -0.4 is 10.2 Å². The van der Waals surface area contributed by atoms with Crippen molar-refractivity contribution in [2.45, 2.75) is 19.0 Å². The van der Waals surface area contributed by atoms with E-state index in [4.69, 9.17) is 14.8 Å². The molecular weight excluding hydrogens is 255 g/mol. The van der Waals surface area contributed by atoms with Gasteiger partial charge in [-0.2, -0.15) is 13.2 Å². The van der Waals surface area contributed by atoms with Crippen molar-refractivity contribution < 1.29 is 32.3 Å². The summed E-state index contributed by atoms with van der Waals surface area (Å²) in [5.74, 6) is -0.850. The number of ether oxygens (including phenoxy) is 1. The fourth-order valence-electron chi connectivity index (χ4n) is 1.30. The van der Waals surface area contributed by atoms with E-state index in [1.54, 1.807) is 0 Å². The van der Waals surface area contributed by atoms with Gasteiger partial charge in [-0.1, -0.05) is 6.07 Å². The molecular formula is C10H11BF4O3. The largest absolute Gasteiger partial charge is 0.494 e. The lowest BCUT2D eigenvalue weighted by Crippen LogP contribution is -2.31. The van der Waals surface area contributed by atoms with Gasteiger partial charge in [0.25, 0.3) is 0 Å². The smallest absolute Gasteiger partial charge is 0.492 e. The summed E-state index contributed by atoms with van der Waals surface area (Å²) < 4.78 is 53.4. The molecule has 1 aromatic rings. The molecule has 1 rings (SSSR count). The molecule has 0 aliphatic carbocycles. The highest BCUT2D eigenvalue weighted by Crippen LogP contribution is 2.21. The Labute approximate surface area is 101 Å². The Balaban J connectivity index is 2.58. The van der Waals surface area contributed by atoms with Gasteiger partial charge in [0.2, 0.25) is 0 Å². The number of benzene rings is 1. The van der Waals surface area contributed by atoms with Gasteiger partial charge in [-0.25, -0.2) is 4.39 Å². The van der Waals surface area contributed by atoms with Crippen LogP contribution in [0.5, 0.6) is 5.75 Å². The first-order chi connectivity index (χ1) is 8.29. The first-order valence-electron chi connectivity index (χ1n) is 5.15. The van der Waals surface area contributed by atoms with Crippen molar-refractivity contribution in [3.8, 4) is 5.75 Å². The van der Waals surface area contributed by atoms with Crippen molar-refractivity contribution >= 4 is 12.6 Å². The van der Waals surface area contributed by atoms with Gasteiger partial charge < -0.3 is 14.8 Å². The van der Waals surface area contributed by atoms with E-state index in [2.05, 4.69) is 0 Å². The van der Waals surface area contributed by atoms with Crippen LogP contribution in [0.3, 0.4) is 0 Å². The van der Waals surface area contributed by atoms with Gasteiger partial charge in [0.1, 0.15) is 11.6 Å². The van der Waals surface area contributed by atoms with Crippen LogP contribution in [0, 0.1) is 5.82 Å². The first-order valence-corrected chi connectivity index (χ1v) is 5.15. The second-order valence-electron chi connectivity index (χ2n) is 3.62. The number of hydrogen-bond donors (Lipinski definition) is 2.